The number of nitrogen functional groups attached to an aromatic ring is 1. The van der Waals surface area contributed by atoms with Crippen LogP contribution in [0.4, 0.5) is 15.8 Å². The zero-order chi connectivity index (χ0) is 11.0. The molecule has 0 saturated heterocycles. The van der Waals surface area contributed by atoms with Crippen molar-refractivity contribution in [3.05, 3.63) is 28.1 Å². The summed E-state index contributed by atoms with van der Waals surface area (Å²) in [5, 5.41) is 10.6. The second-order valence-electron chi connectivity index (χ2n) is 3.42. The van der Waals surface area contributed by atoms with Crippen LogP contribution in [0.15, 0.2) is 12.1 Å². The topological polar surface area (TPSA) is 78.4 Å². The van der Waals surface area contributed by atoms with Gasteiger partial charge in [-0.1, -0.05) is 0 Å². The lowest BCUT2D eigenvalue weighted by atomic mass is 10.2. The Balaban J connectivity index is 2.39. The summed E-state index contributed by atoms with van der Waals surface area (Å²) < 4.78 is 18.3. The van der Waals surface area contributed by atoms with E-state index in [-0.39, 0.29) is 23.2 Å². The van der Waals surface area contributed by atoms with Crippen LogP contribution in [-0.2, 0) is 0 Å². The van der Waals surface area contributed by atoms with Crippen molar-refractivity contribution in [2.45, 2.75) is 18.9 Å². The maximum atomic E-state index is 13.1. The Morgan fingerprint density at radius 3 is 2.73 bits per heavy atom. The molecule has 0 aliphatic heterocycles. The van der Waals surface area contributed by atoms with Crippen LogP contribution in [0.5, 0.6) is 5.75 Å². The fourth-order valence-corrected chi connectivity index (χ4v) is 1.16. The molecule has 0 unspecified atom stereocenters. The summed E-state index contributed by atoms with van der Waals surface area (Å²) in [6.45, 7) is 0. The standard InChI is InChI=1S/C9H9FN2O3/c10-6-3-9(15-5-1-2-5)8(12(13)14)4-7(6)11/h3-5H,1-2,11H2. The summed E-state index contributed by atoms with van der Waals surface area (Å²) in [5.74, 6) is -0.745. The Bertz CT molecular complexity index is 418. The molecule has 1 aromatic rings. The monoisotopic (exact) mass is 212 g/mol. The number of anilines is 1. The molecule has 2 N–H and O–H groups in total. The molecule has 6 heteroatoms. The number of halogens is 1. The molecule has 1 saturated carbocycles. The van der Waals surface area contributed by atoms with Gasteiger partial charge in [0, 0.05) is 12.1 Å². The van der Waals surface area contributed by atoms with Crippen molar-refractivity contribution in [3.63, 3.8) is 0 Å². The van der Waals surface area contributed by atoms with Crippen molar-refractivity contribution >= 4 is 11.4 Å². The normalized spacial score (nSPS) is 15.0. The lowest BCUT2D eigenvalue weighted by molar-refractivity contribution is -0.385. The van der Waals surface area contributed by atoms with Crippen LogP contribution in [0.2, 0.25) is 0 Å². The predicted octanol–water partition coefficient (Wildman–Crippen LogP) is 1.86. The van der Waals surface area contributed by atoms with Gasteiger partial charge in [-0.05, 0) is 12.8 Å². The number of nitro benzene ring substituents is 1. The molecular weight excluding hydrogens is 203 g/mol. The predicted molar refractivity (Wildman–Crippen MR) is 51.1 cm³/mol. The number of nitrogens with two attached hydrogens (primary N) is 1. The van der Waals surface area contributed by atoms with Gasteiger partial charge in [0.05, 0.1) is 16.7 Å². The van der Waals surface area contributed by atoms with E-state index in [0.717, 1.165) is 25.0 Å². The molecule has 0 amide bonds. The molecule has 1 aliphatic carbocycles. The van der Waals surface area contributed by atoms with Crippen molar-refractivity contribution in [2.24, 2.45) is 0 Å². The molecule has 0 bridgehead atoms. The molecule has 1 fully saturated rings. The second-order valence-corrected chi connectivity index (χ2v) is 3.42. The highest BCUT2D eigenvalue weighted by Crippen LogP contribution is 2.35. The molecule has 1 aromatic carbocycles. The Labute approximate surface area is 84.8 Å². The molecule has 80 valence electrons. The van der Waals surface area contributed by atoms with Gasteiger partial charge in [-0.3, -0.25) is 10.1 Å². The lowest BCUT2D eigenvalue weighted by Crippen LogP contribution is -2.02. The minimum atomic E-state index is -0.698. The van der Waals surface area contributed by atoms with E-state index in [4.69, 9.17) is 10.5 Å². The van der Waals surface area contributed by atoms with Gasteiger partial charge < -0.3 is 10.5 Å². The third kappa shape index (κ3) is 1.98. The van der Waals surface area contributed by atoms with Crippen LogP contribution in [-0.4, -0.2) is 11.0 Å². The first-order chi connectivity index (χ1) is 7.08. The maximum Gasteiger partial charge on any atom is 0.313 e. The first-order valence-electron chi connectivity index (χ1n) is 4.48. The van der Waals surface area contributed by atoms with Crippen LogP contribution in [0.25, 0.3) is 0 Å². The fourth-order valence-electron chi connectivity index (χ4n) is 1.16. The van der Waals surface area contributed by atoms with Crippen LogP contribution in [0, 0.1) is 15.9 Å². The summed E-state index contributed by atoms with van der Waals surface area (Å²) in [5.41, 5.74) is 4.70. The van der Waals surface area contributed by atoms with Crippen molar-refractivity contribution < 1.29 is 14.1 Å². The van der Waals surface area contributed by atoms with Crippen LogP contribution in [0.3, 0.4) is 0 Å². The van der Waals surface area contributed by atoms with E-state index in [0.29, 0.717) is 0 Å². The third-order valence-electron chi connectivity index (χ3n) is 2.09. The Kier molecular flexibility index (Phi) is 2.18. The fraction of sp³-hybridized carbons (Fsp3) is 0.333. The second kappa shape index (κ2) is 3.38. The van der Waals surface area contributed by atoms with Crippen LogP contribution in [0.1, 0.15) is 12.8 Å². The summed E-state index contributed by atoms with van der Waals surface area (Å²) in [4.78, 5) is 10.0. The van der Waals surface area contributed by atoms with Crippen molar-refractivity contribution in [1.82, 2.24) is 0 Å². The van der Waals surface area contributed by atoms with E-state index in [2.05, 4.69) is 0 Å². The van der Waals surface area contributed by atoms with Gasteiger partial charge in [0.2, 0.25) is 0 Å². The number of benzene rings is 1. The first kappa shape index (κ1) is 9.70. The van der Waals surface area contributed by atoms with Gasteiger partial charge in [-0.2, -0.15) is 0 Å². The number of hydrogen-bond donors (Lipinski definition) is 1. The average molecular weight is 212 g/mol. The first-order valence-corrected chi connectivity index (χ1v) is 4.48. The van der Waals surface area contributed by atoms with Gasteiger partial charge in [-0.15, -0.1) is 0 Å². The highest BCUT2D eigenvalue weighted by molar-refractivity contribution is 5.57. The smallest absolute Gasteiger partial charge is 0.313 e. The molecule has 0 radical (unpaired) electrons. The summed E-state index contributed by atoms with van der Waals surface area (Å²) in [6.07, 6.45) is 1.68. The molecule has 0 heterocycles. The highest BCUT2D eigenvalue weighted by atomic mass is 19.1. The molecule has 1 aliphatic rings. The highest BCUT2D eigenvalue weighted by Gasteiger charge is 2.28. The van der Waals surface area contributed by atoms with E-state index in [9.17, 15) is 14.5 Å². The van der Waals surface area contributed by atoms with E-state index < -0.39 is 10.7 Å². The molecule has 0 spiro atoms. The molecular formula is C9H9FN2O3. The SMILES string of the molecule is Nc1cc([N+](=O)[O-])c(OC2CC2)cc1F. The molecule has 2 rings (SSSR count). The van der Waals surface area contributed by atoms with E-state index in [1.165, 1.54) is 0 Å². The van der Waals surface area contributed by atoms with E-state index in [1.54, 1.807) is 0 Å². The molecule has 0 atom stereocenters. The zero-order valence-electron chi connectivity index (χ0n) is 7.77. The van der Waals surface area contributed by atoms with Gasteiger partial charge in [0.1, 0.15) is 5.82 Å². The summed E-state index contributed by atoms with van der Waals surface area (Å²) in [7, 11) is 0. The van der Waals surface area contributed by atoms with Crippen molar-refractivity contribution in [3.8, 4) is 5.75 Å². The van der Waals surface area contributed by atoms with Crippen molar-refractivity contribution in [2.75, 3.05) is 5.73 Å². The Hall–Kier alpha value is -1.85. The van der Waals surface area contributed by atoms with Crippen molar-refractivity contribution in [1.29, 1.82) is 0 Å². The largest absolute Gasteiger partial charge is 0.483 e. The lowest BCUT2D eigenvalue weighted by Gasteiger charge is -2.06. The Morgan fingerprint density at radius 2 is 2.20 bits per heavy atom. The van der Waals surface area contributed by atoms with Gasteiger partial charge >= 0.3 is 5.69 Å². The number of rotatable bonds is 3. The number of nitro groups is 1. The van der Waals surface area contributed by atoms with Gasteiger partial charge in [-0.25, -0.2) is 4.39 Å². The van der Waals surface area contributed by atoms with E-state index >= 15 is 0 Å². The third-order valence-corrected chi connectivity index (χ3v) is 2.09. The van der Waals surface area contributed by atoms with E-state index in [1.807, 2.05) is 0 Å². The number of nitrogens with zero attached hydrogens (tertiary/aromatic N) is 1. The maximum absolute atomic E-state index is 13.1. The number of hydrogen-bond acceptors (Lipinski definition) is 4. The molecule has 5 nitrogen and oxygen atoms in total. The minimum absolute atomic E-state index is 0.0216. The van der Waals surface area contributed by atoms with Gasteiger partial charge in [0.25, 0.3) is 0 Å². The summed E-state index contributed by atoms with van der Waals surface area (Å²) in [6, 6.07) is 1.94. The minimum Gasteiger partial charge on any atom is -0.483 e. The van der Waals surface area contributed by atoms with Gasteiger partial charge in [0.15, 0.2) is 5.75 Å². The van der Waals surface area contributed by atoms with Crippen LogP contribution < -0.4 is 10.5 Å². The quantitative estimate of drug-likeness (QED) is 0.471. The Morgan fingerprint density at radius 1 is 1.53 bits per heavy atom. The summed E-state index contributed by atoms with van der Waals surface area (Å²) >= 11 is 0. The average Bonchev–Trinajstić information content (AvgIpc) is 2.94. The molecule has 15 heavy (non-hydrogen) atoms. The number of ether oxygens (including phenoxy) is 1. The molecule has 0 aromatic heterocycles. The zero-order valence-corrected chi connectivity index (χ0v) is 7.77. The van der Waals surface area contributed by atoms with Crippen LogP contribution >= 0.6 is 0 Å².